The number of hydrogen-bond acceptors (Lipinski definition) is 6. The molecule has 2 aromatic rings. The molecule has 0 bridgehead atoms. The van der Waals surface area contributed by atoms with E-state index in [1.807, 2.05) is 0 Å². The van der Waals surface area contributed by atoms with Crippen LogP contribution < -0.4 is 14.2 Å². The van der Waals surface area contributed by atoms with Gasteiger partial charge in [-0.3, -0.25) is 0 Å². The van der Waals surface area contributed by atoms with Gasteiger partial charge < -0.3 is 18.8 Å². The summed E-state index contributed by atoms with van der Waals surface area (Å²) in [4.78, 5) is 0. The minimum absolute atomic E-state index is 0.143. The van der Waals surface area contributed by atoms with E-state index in [1.54, 1.807) is 35.7 Å². The first-order valence-electron chi connectivity index (χ1n) is 6.73. The maximum atomic E-state index is 12.3. The lowest BCUT2D eigenvalue weighted by atomic mass is 10.2. The lowest BCUT2D eigenvalue weighted by molar-refractivity contribution is 0.0704. The fourth-order valence-corrected chi connectivity index (χ4v) is 5.00. The molecule has 1 saturated heterocycles. The zero-order valence-electron chi connectivity index (χ0n) is 11.5. The fraction of sp³-hybridized carbons (Fsp3) is 0.286. The first kappa shape index (κ1) is 14.0. The van der Waals surface area contributed by atoms with E-state index >= 15 is 0 Å². The second-order valence-corrected chi connectivity index (χ2v) is 8.12. The number of benzene rings is 1. The molecular formula is C14H13NO5S2. The van der Waals surface area contributed by atoms with E-state index in [-0.39, 0.29) is 12.9 Å². The number of nitrogens with zero attached hydrogens (tertiary/aromatic N) is 1. The van der Waals surface area contributed by atoms with Crippen LogP contribution >= 0.6 is 11.3 Å². The minimum Gasteiger partial charge on any atom is -0.592 e. The summed E-state index contributed by atoms with van der Waals surface area (Å²) in [6, 6.07) is 8.70. The Morgan fingerprint density at radius 1 is 1.27 bits per heavy atom. The van der Waals surface area contributed by atoms with Gasteiger partial charge >= 0.3 is 0 Å². The fourth-order valence-electron chi connectivity index (χ4n) is 2.35. The topological polar surface area (TPSA) is 71.1 Å². The molecule has 0 N–H and O–H groups in total. The van der Waals surface area contributed by atoms with E-state index in [9.17, 15) is 8.76 Å². The van der Waals surface area contributed by atoms with Crippen molar-refractivity contribution >= 4 is 21.7 Å². The average molecular weight is 339 g/mol. The SMILES string of the molecule is O=[S+]([O-])(c1cccs1)N1CC(Oc2ccc3c(c2)OCO3)C1. The number of sulfonamides is 1. The molecule has 1 aromatic carbocycles. The normalized spacial score (nSPS) is 20.4. The standard InChI is InChI=1S/C14H13NO5S2/c16-22(17,14-2-1-5-21-14)15-7-11(8-15)20-10-3-4-12-13(6-10)19-9-18-12/h1-6,11H,7-9H2. The van der Waals surface area contributed by atoms with Crippen molar-refractivity contribution in [2.75, 3.05) is 19.9 Å². The summed E-state index contributed by atoms with van der Waals surface area (Å²) in [5, 5.41) is 1.76. The van der Waals surface area contributed by atoms with Gasteiger partial charge in [-0.25, -0.2) is 0 Å². The Labute approximate surface area is 132 Å². The number of rotatable bonds is 4. The van der Waals surface area contributed by atoms with Gasteiger partial charge in [0.15, 0.2) is 21.9 Å². The summed E-state index contributed by atoms with van der Waals surface area (Å²) >= 11 is 1.23. The third kappa shape index (κ3) is 2.38. The molecule has 1 atom stereocenters. The lowest BCUT2D eigenvalue weighted by Gasteiger charge is -2.38. The van der Waals surface area contributed by atoms with Gasteiger partial charge in [0.05, 0.1) is 13.1 Å². The summed E-state index contributed by atoms with van der Waals surface area (Å²) in [5.41, 5.74) is 0. The van der Waals surface area contributed by atoms with Gasteiger partial charge in [-0.05, 0) is 23.6 Å². The van der Waals surface area contributed by atoms with Crippen molar-refractivity contribution in [2.45, 2.75) is 10.3 Å². The van der Waals surface area contributed by atoms with Crippen LogP contribution in [0.25, 0.3) is 0 Å². The van der Waals surface area contributed by atoms with E-state index in [2.05, 4.69) is 0 Å². The third-order valence-corrected chi connectivity index (χ3v) is 6.76. The van der Waals surface area contributed by atoms with Crippen LogP contribution in [0.2, 0.25) is 0 Å². The van der Waals surface area contributed by atoms with E-state index in [0.29, 0.717) is 34.5 Å². The van der Waals surface area contributed by atoms with Crippen molar-refractivity contribution in [2.24, 2.45) is 0 Å². The number of ether oxygens (including phenoxy) is 3. The maximum Gasteiger partial charge on any atom is 0.231 e. The van der Waals surface area contributed by atoms with Crippen LogP contribution in [0.1, 0.15) is 0 Å². The van der Waals surface area contributed by atoms with Crippen molar-refractivity contribution < 1.29 is 23.0 Å². The number of fused-ring (bicyclic) bond motifs is 1. The molecule has 2 aliphatic rings. The monoisotopic (exact) mass is 339 g/mol. The van der Waals surface area contributed by atoms with Gasteiger partial charge in [0.25, 0.3) is 0 Å². The van der Waals surface area contributed by atoms with Gasteiger partial charge in [0.1, 0.15) is 11.9 Å². The van der Waals surface area contributed by atoms with Crippen molar-refractivity contribution in [3.63, 3.8) is 0 Å². The van der Waals surface area contributed by atoms with Gasteiger partial charge in [-0.2, -0.15) is 0 Å². The van der Waals surface area contributed by atoms with Crippen molar-refractivity contribution in [3.8, 4) is 17.2 Å². The first-order chi connectivity index (χ1) is 10.6. The van der Waals surface area contributed by atoms with E-state index in [1.165, 1.54) is 15.6 Å². The molecule has 3 heterocycles. The second-order valence-electron chi connectivity index (χ2n) is 5.01. The largest absolute Gasteiger partial charge is 0.592 e. The van der Waals surface area contributed by atoms with Gasteiger partial charge in [0, 0.05) is 12.1 Å². The zero-order chi connectivity index (χ0) is 15.2. The third-order valence-electron chi connectivity index (χ3n) is 3.55. The molecule has 1 aromatic heterocycles. The molecule has 0 radical (unpaired) electrons. The van der Waals surface area contributed by atoms with Crippen LogP contribution in [0.15, 0.2) is 39.9 Å². The Hall–Kier alpha value is -1.61. The highest BCUT2D eigenvalue weighted by Gasteiger charge is 2.43. The van der Waals surface area contributed by atoms with Crippen molar-refractivity contribution in [1.82, 2.24) is 4.31 Å². The Bertz CT molecular complexity index is 727. The van der Waals surface area contributed by atoms with Gasteiger partial charge in [-0.15, -0.1) is 4.31 Å². The van der Waals surface area contributed by atoms with E-state index in [0.717, 1.165) is 0 Å². The smallest absolute Gasteiger partial charge is 0.231 e. The van der Waals surface area contributed by atoms with Crippen molar-refractivity contribution in [3.05, 3.63) is 35.7 Å². The van der Waals surface area contributed by atoms with Crippen LogP contribution in [-0.4, -0.2) is 34.8 Å². The molecule has 1 unspecified atom stereocenters. The van der Waals surface area contributed by atoms with Crippen molar-refractivity contribution in [1.29, 1.82) is 0 Å². The van der Waals surface area contributed by atoms with E-state index < -0.39 is 10.4 Å². The molecule has 2 aliphatic heterocycles. The molecular weight excluding hydrogens is 326 g/mol. The molecule has 0 spiro atoms. The van der Waals surface area contributed by atoms with Gasteiger partial charge in [-0.1, -0.05) is 15.5 Å². The Kier molecular flexibility index (Phi) is 3.33. The number of hydrogen-bond donors (Lipinski definition) is 0. The second kappa shape index (κ2) is 5.24. The molecule has 0 amide bonds. The molecule has 1 fully saturated rings. The summed E-state index contributed by atoms with van der Waals surface area (Å²) in [6.07, 6.45) is -0.143. The Morgan fingerprint density at radius 2 is 2.09 bits per heavy atom. The van der Waals surface area contributed by atoms with E-state index in [4.69, 9.17) is 14.2 Å². The summed E-state index contributed by atoms with van der Waals surface area (Å²) in [5.74, 6) is 2.00. The predicted molar refractivity (Wildman–Crippen MR) is 80.0 cm³/mol. The van der Waals surface area contributed by atoms with Crippen LogP contribution in [0.3, 0.4) is 0 Å². The molecule has 8 heteroatoms. The van der Waals surface area contributed by atoms with Crippen LogP contribution in [0.4, 0.5) is 0 Å². The highest BCUT2D eigenvalue weighted by Crippen LogP contribution is 2.36. The zero-order valence-corrected chi connectivity index (χ0v) is 13.1. The van der Waals surface area contributed by atoms with Gasteiger partial charge in [0.2, 0.25) is 11.0 Å². The number of thiophene rings is 1. The molecule has 22 heavy (non-hydrogen) atoms. The predicted octanol–water partition coefficient (Wildman–Crippen LogP) is 2.14. The highest BCUT2D eigenvalue weighted by molar-refractivity contribution is 7.97. The molecule has 0 saturated carbocycles. The molecule has 0 aliphatic carbocycles. The lowest BCUT2D eigenvalue weighted by Crippen LogP contribution is -2.57. The first-order valence-corrected chi connectivity index (χ1v) is 9.05. The van der Waals surface area contributed by atoms with Crippen LogP contribution in [-0.2, 0) is 14.6 Å². The van der Waals surface area contributed by atoms with Crippen LogP contribution in [0, 0.1) is 0 Å². The maximum absolute atomic E-state index is 12.3. The molecule has 4 rings (SSSR count). The quantitative estimate of drug-likeness (QED) is 0.798. The Balaban J connectivity index is 1.39. The van der Waals surface area contributed by atoms with Crippen LogP contribution in [0.5, 0.6) is 17.2 Å². The summed E-state index contributed by atoms with van der Waals surface area (Å²) in [7, 11) is -3.37. The molecule has 6 nitrogen and oxygen atoms in total. The highest BCUT2D eigenvalue weighted by atomic mass is 32.3. The minimum atomic E-state index is -3.37. The Morgan fingerprint density at radius 3 is 2.86 bits per heavy atom. The summed E-state index contributed by atoms with van der Waals surface area (Å²) in [6.45, 7) is 0.929. The summed E-state index contributed by atoms with van der Waals surface area (Å²) < 4.78 is 42.6. The average Bonchev–Trinajstić information content (AvgIpc) is 3.12. The molecule has 116 valence electrons.